The zero-order valence-corrected chi connectivity index (χ0v) is 16.7. The van der Waals surface area contributed by atoms with Crippen molar-refractivity contribution in [2.45, 2.75) is 39.2 Å². The number of amides is 1. The average Bonchev–Trinajstić information content (AvgIpc) is 2.84. The van der Waals surface area contributed by atoms with Gasteiger partial charge in [0.25, 0.3) is 11.5 Å². The molecule has 0 spiro atoms. The molecule has 8 heteroatoms. The minimum atomic E-state index is -0.273. The van der Waals surface area contributed by atoms with Crippen LogP contribution in [0, 0.1) is 6.92 Å². The molecule has 28 heavy (non-hydrogen) atoms. The molecule has 0 unspecified atom stereocenters. The van der Waals surface area contributed by atoms with E-state index in [9.17, 15) is 9.59 Å². The predicted octanol–water partition coefficient (Wildman–Crippen LogP) is 3.34. The van der Waals surface area contributed by atoms with E-state index < -0.39 is 0 Å². The lowest BCUT2D eigenvalue weighted by Gasteiger charge is -2.08. The second-order valence-corrected chi connectivity index (χ2v) is 7.94. The van der Waals surface area contributed by atoms with E-state index in [1.54, 1.807) is 22.8 Å². The summed E-state index contributed by atoms with van der Waals surface area (Å²) in [5.41, 5.74) is 7.56. The molecule has 0 bridgehead atoms. The molecule has 0 radical (unpaired) electrons. The average molecular weight is 398 g/mol. The number of nitrogen functional groups attached to an aromatic ring is 1. The first-order valence-corrected chi connectivity index (χ1v) is 10.1. The van der Waals surface area contributed by atoms with Crippen LogP contribution in [0.1, 0.15) is 40.3 Å². The Morgan fingerprint density at radius 3 is 2.89 bits per heavy atom. The molecule has 7 nitrogen and oxygen atoms in total. The van der Waals surface area contributed by atoms with Gasteiger partial charge in [0, 0.05) is 18.7 Å². The largest absolute Gasteiger partial charge is 0.495 e. The number of benzene rings is 1. The van der Waals surface area contributed by atoms with Crippen molar-refractivity contribution in [3.8, 4) is 5.75 Å². The van der Waals surface area contributed by atoms with Gasteiger partial charge in [0.15, 0.2) is 0 Å². The van der Waals surface area contributed by atoms with Crippen LogP contribution in [-0.2, 0) is 13.0 Å². The topological polar surface area (TPSA) is 99.2 Å². The molecule has 3 aromatic rings. The zero-order chi connectivity index (χ0) is 19.8. The number of nitrogens with two attached hydrogens (primary N) is 1. The van der Waals surface area contributed by atoms with E-state index in [1.807, 2.05) is 6.92 Å². The minimum absolute atomic E-state index is 0.0385. The molecular weight excluding hydrogens is 376 g/mol. The molecule has 2 aromatic heterocycles. The molecule has 0 saturated heterocycles. The van der Waals surface area contributed by atoms with Gasteiger partial charge in [-0.25, -0.2) is 4.98 Å². The molecule has 0 saturated carbocycles. The summed E-state index contributed by atoms with van der Waals surface area (Å²) in [5, 5.41) is 3.40. The number of carbonyl (C=O) groups excluding carboxylic acids is 1. The first-order valence-electron chi connectivity index (χ1n) is 9.27. The van der Waals surface area contributed by atoms with Gasteiger partial charge < -0.3 is 15.8 Å². The number of nitrogens with one attached hydrogen (secondary N) is 1. The van der Waals surface area contributed by atoms with Crippen molar-refractivity contribution in [3.05, 3.63) is 44.8 Å². The van der Waals surface area contributed by atoms with Gasteiger partial charge >= 0.3 is 0 Å². The number of anilines is 2. The number of aromatic nitrogens is 2. The fourth-order valence-electron chi connectivity index (χ4n) is 3.63. The van der Waals surface area contributed by atoms with E-state index in [-0.39, 0.29) is 11.5 Å². The Labute approximate surface area is 166 Å². The Balaban J connectivity index is 1.72. The molecule has 3 N–H and O–H groups in total. The normalized spacial score (nSPS) is 13.8. The maximum absolute atomic E-state index is 13.0. The van der Waals surface area contributed by atoms with Crippen LogP contribution in [0.25, 0.3) is 10.2 Å². The molecule has 0 aliphatic carbocycles. The van der Waals surface area contributed by atoms with Crippen molar-refractivity contribution in [3.63, 3.8) is 0 Å². The van der Waals surface area contributed by atoms with Crippen LogP contribution in [0.5, 0.6) is 5.75 Å². The van der Waals surface area contributed by atoms with Gasteiger partial charge in [-0.2, -0.15) is 0 Å². The lowest BCUT2D eigenvalue weighted by molar-refractivity contribution is 0.103. The fraction of sp³-hybridized carbons (Fsp3) is 0.350. The highest BCUT2D eigenvalue weighted by molar-refractivity contribution is 7.20. The minimum Gasteiger partial charge on any atom is -0.495 e. The number of aryl methyl sites for hydroxylation is 2. The molecule has 1 aromatic carbocycles. The van der Waals surface area contributed by atoms with Crippen LogP contribution >= 0.6 is 11.3 Å². The number of nitrogens with zero attached hydrogens (tertiary/aromatic N) is 2. The molecule has 0 atom stereocenters. The van der Waals surface area contributed by atoms with Crippen LogP contribution in [0.4, 0.5) is 11.4 Å². The number of rotatable bonds is 3. The smallest absolute Gasteiger partial charge is 0.266 e. The number of hydrogen-bond acceptors (Lipinski definition) is 6. The van der Waals surface area contributed by atoms with Crippen LogP contribution < -0.4 is 21.3 Å². The second-order valence-electron chi connectivity index (χ2n) is 6.94. The summed E-state index contributed by atoms with van der Waals surface area (Å²) in [6.45, 7) is 2.50. The monoisotopic (exact) mass is 398 g/mol. The highest BCUT2D eigenvalue weighted by Gasteiger charge is 2.22. The van der Waals surface area contributed by atoms with Crippen molar-refractivity contribution in [1.29, 1.82) is 0 Å². The lowest BCUT2D eigenvalue weighted by Crippen LogP contribution is -2.24. The maximum Gasteiger partial charge on any atom is 0.266 e. The Bertz CT molecular complexity index is 1130. The van der Waals surface area contributed by atoms with E-state index >= 15 is 0 Å². The van der Waals surface area contributed by atoms with Crippen molar-refractivity contribution in [1.82, 2.24) is 9.55 Å². The molecule has 3 heterocycles. The SMILES string of the molecule is COc1ccc(NC(=O)c2sc3nc4n(c(=O)c3c2C)CCCCC4)cc1N. The third kappa shape index (κ3) is 3.13. The molecule has 1 aliphatic heterocycles. The van der Waals surface area contributed by atoms with Crippen molar-refractivity contribution in [2.75, 3.05) is 18.2 Å². The van der Waals surface area contributed by atoms with Crippen LogP contribution in [0.15, 0.2) is 23.0 Å². The first-order chi connectivity index (χ1) is 13.5. The van der Waals surface area contributed by atoms with Crippen LogP contribution in [0.3, 0.4) is 0 Å². The fourth-order valence-corrected chi connectivity index (χ4v) is 4.71. The Morgan fingerprint density at radius 2 is 2.14 bits per heavy atom. The van der Waals surface area contributed by atoms with E-state index in [0.29, 0.717) is 44.3 Å². The van der Waals surface area contributed by atoms with Gasteiger partial charge in [0.05, 0.1) is 23.1 Å². The Hall–Kier alpha value is -2.87. The quantitative estimate of drug-likeness (QED) is 0.659. The summed E-state index contributed by atoms with van der Waals surface area (Å²) in [5.74, 6) is 1.10. The number of hydrogen-bond donors (Lipinski definition) is 2. The summed E-state index contributed by atoms with van der Waals surface area (Å²) in [7, 11) is 1.54. The summed E-state index contributed by atoms with van der Waals surface area (Å²) in [6.07, 6.45) is 3.92. The van der Waals surface area contributed by atoms with E-state index in [0.717, 1.165) is 31.5 Å². The standard InChI is InChI=1S/C20H22N4O3S/c1-11-16-19(23-15-6-4-3-5-9-24(15)20(16)26)28-17(11)18(25)22-12-7-8-14(27-2)13(21)10-12/h7-8,10H,3-6,9,21H2,1-2H3,(H,22,25). The Morgan fingerprint density at radius 1 is 1.32 bits per heavy atom. The molecular formula is C20H22N4O3S. The van der Waals surface area contributed by atoms with E-state index in [4.69, 9.17) is 15.5 Å². The van der Waals surface area contributed by atoms with Crippen molar-refractivity contribution >= 4 is 38.8 Å². The van der Waals surface area contributed by atoms with Gasteiger partial charge in [-0.1, -0.05) is 6.42 Å². The van der Waals surface area contributed by atoms with E-state index in [2.05, 4.69) is 5.32 Å². The summed E-state index contributed by atoms with van der Waals surface area (Å²) in [6, 6.07) is 5.08. The van der Waals surface area contributed by atoms with Gasteiger partial charge in [0.2, 0.25) is 0 Å². The molecule has 1 amide bonds. The highest BCUT2D eigenvalue weighted by Crippen LogP contribution is 2.30. The summed E-state index contributed by atoms with van der Waals surface area (Å²) >= 11 is 1.26. The molecule has 1 aliphatic rings. The lowest BCUT2D eigenvalue weighted by atomic mass is 10.2. The van der Waals surface area contributed by atoms with Gasteiger partial charge in [-0.15, -0.1) is 11.3 Å². The molecule has 146 valence electrons. The predicted molar refractivity (Wildman–Crippen MR) is 112 cm³/mol. The van der Waals surface area contributed by atoms with Crippen molar-refractivity contribution in [2.24, 2.45) is 0 Å². The molecule has 0 fully saturated rings. The first kappa shape index (κ1) is 18.5. The number of ether oxygens (including phenoxy) is 1. The highest BCUT2D eigenvalue weighted by atomic mass is 32.1. The maximum atomic E-state index is 13.0. The number of fused-ring (bicyclic) bond motifs is 2. The van der Waals surface area contributed by atoms with Gasteiger partial charge in [-0.3, -0.25) is 14.2 Å². The second kappa shape index (κ2) is 7.27. The number of carbonyl (C=O) groups is 1. The van der Waals surface area contributed by atoms with Gasteiger partial charge in [-0.05, 0) is 43.5 Å². The zero-order valence-electron chi connectivity index (χ0n) is 15.9. The number of methoxy groups -OCH3 is 1. The third-order valence-corrected chi connectivity index (χ3v) is 6.29. The number of thiophene rings is 1. The van der Waals surface area contributed by atoms with Crippen molar-refractivity contribution < 1.29 is 9.53 Å². The van der Waals surface area contributed by atoms with Crippen LogP contribution in [0.2, 0.25) is 0 Å². The summed E-state index contributed by atoms with van der Waals surface area (Å²) < 4.78 is 6.92. The summed E-state index contributed by atoms with van der Waals surface area (Å²) in [4.78, 5) is 31.7. The van der Waals surface area contributed by atoms with E-state index in [1.165, 1.54) is 18.4 Å². The molecule has 4 rings (SSSR count). The van der Waals surface area contributed by atoms with Gasteiger partial charge in [0.1, 0.15) is 16.4 Å². The Kier molecular flexibility index (Phi) is 4.80. The third-order valence-electron chi connectivity index (χ3n) is 5.11. The van der Waals surface area contributed by atoms with Crippen LogP contribution in [-0.4, -0.2) is 22.6 Å².